The van der Waals surface area contributed by atoms with Gasteiger partial charge in [0.2, 0.25) is 23.6 Å². The number of aromatic amines is 1. The zero-order valence-corrected chi connectivity index (χ0v) is 25.6. The number of aromatic nitrogens is 1. The predicted octanol–water partition coefficient (Wildman–Crippen LogP) is 1.39. The quantitative estimate of drug-likeness (QED) is 0.123. The molecule has 0 fully saturated rings. The number of rotatable bonds is 14. The largest absolute Gasteiger partial charge is 0.391 e. The van der Waals surface area contributed by atoms with Gasteiger partial charge in [0.15, 0.2) is 0 Å². The van der Waals surface area contributed by atoms with Crippen LogP contribution < -0.4 is 21.7 Å². The summed E-state index contributed by atoms with van der Waals surface area (Å²) in [4.78, 5) is 70.2. The topological polar surface area (TPSA) is 187 Å². The highest BCUT2D eigenvalue weighted by molar-refractivity contribution is 6.02. The summed E-state index contributed by atoms with van der Waals surface area (Å²) in [5.41, 5.74) is 7.84. The number of fused-ring (bicyclic) bond motifs is 1. The first kappa shape index (κ1) is 33.4. The van der Waals surface area contributed by atoms with Crippen LogP contribution in [0, 0.1) is 0 Å². The van der Waals surface area contributed by atoms with E-state index in [0.717, 1.165) is 16.5 Å². The van der Waals surface area contributed by atoms with Gasteiger partial charge in [-0.15, -0.1) is 0 Å². The second-order valence-corrected chi connectivity index (χ2v) is 11.1. The Bertz CT molecular complexity index is 1640. The number of nitrogens with two attached hydrogens (primary N) is 1. The van der Waals surface area contributed by atoms with Crippen molar-refractivity contribution in [1.29, 1.82) is 0 Å². The van der Waals surface area contributed by atoms with Gasteiger partial charge in [0.05, 0.1) is 12.5 Å². The zero-order chi connectivity index (χ0) is 33.2. The molecule has 0 saturated heterocycles. The Morgan fingerprint density at radius 1 is 0.826 bits per heavy atom. The third kappa shape index (κ3) is 9.02. The van der Waals surface area contributed by atoms with Crippen molar-refractivity contribution < 1.29 is 29.1 Å². The van der Waals surface area contributed by atoms with Crippen LogP contribution in [0.1, 0.15) is 35.0 Å². The summed E-state index contributed by atoms with van der Waals surface area (Å²) < 4.78 is 0. The molecule has 4 aromatic rings. The summed E-state index contributed by atoms with van der Waals surface area (Å²) in [6.07, 6.45) is -1.77. The van der Waals surface area contributed by atoms with Gasteiger partial charge in [-0.1, -0.05) is 78.9 Å². The third-order valence-corrected chi connectivity index (χ3v) is 7.43. The van der Waals surface area contributed by atoms with E-state index in [0.29, 0.717) is 5.52 Å². The Labute approximate surface area is 266 Å². The van der Waals surface area contributed by atoms with Gasteiger partial charge in [-0.3, -0.25) is 24.0 Å². The van der Waals surface area contributed by atoms with Crippen molar-refractivity contribution in [2.24, 2.45) is 5.73 Å². The molecule has 1 aromatic heterocycles. The lowest BCUT2D eigenvalue weighted by molar-refractivity contribution is -0.137. The molecule has 2 unspecified atom stereocenters. The fourth-order valence-electron chi connectivity index (χ4n) is 5.01. The van der Waals surface area contributed by atoms with Crippen molar-refractivity contribution >= 4 is 40.4 Å². The molecule has 7 N–H and O–H groups in total. The number of aliphatic hydroxyl groups excluding tert-OH is 1. The van der Waals surface area contributed by atoms with Gasteiger partial charge in [-0.05, 0) is 30.2 Å². The lowest BCUT2D eigenvalue weighted by Crippen LogP contribution is -2.57. The van der Waals surface area contributed by atoms with Crippen molar-refractivity contribution in [3.63, 3.8) is 0 Å². The zero-order valence-electron chi connectivity index (χ0n) is 25.6. The molecule has 0 aliphatic carbocycles. The smallest absolute Gasteiger partial charge is 0.268 e. The van der Waals surface area contributed by atoms with E-state index >= 15 is 0 Å². The van der Waals surface area contributed by atoms with Crippen LogP contribution in [0.4, 0.5) is 0 Å². The van der Waals surface area contributed by atoms with Crippen LogP contribution in [0.5, 0.6) is 0 Å². The number of para-hydroxylation sites is 1. The number of hydrogen-bond donors (Lipinski definition) is 6. The Kier molecular flexibility index (Phi) is 11.2. The number of nitrogens with zero attached hydrogens (tertiary/aromatic N) is 1. The Morgan fingerprint density at radius 2 is 1.43 bits per heavy atom. The molecule has 46 heavy (non-hydrogen) atoms. The minimum absolute atomic E-state index is 0.144. The van der Waals surface area contributed by atoms with Crippen molar-refractivity contribution in [2.75, 3.05) is 7.05 Å². The first-order valence-corrected chi connectivity index (χ1v) is 14.8. The monoisotopic (exact) mass is 626 g/mol. The molecule has 0 aliphatic rings. The van der Waals surface area contributed by atoms with Gasteiger partial charge < -0.3 is 36.7 Å². The Morgan fingerprint density at radius 3 is 2.04 bits per heavy atom. The number of H-pyrrole nitrogens is 1. The molecular weight excluding hydrogens is 588 g/mol. The second-order valence-electron chi connectivity index (χ2n) is 11.1. The molecule has 5 amide bonds. The van der Waals surface area contributed by atoms with E-state index in [4.69, 9.17) is 5.73 Å². The summed E-state index contributed by atoms with van der Waals surface area (Å²) in [5, 5.41) is 18.3. The van der Waals surface area contributed by atoms with Gasteiger partial charge >= 0.3 is 0 Å². The van der Waals surface area contributed by atoms with Crippen LogP contribution in [0.25, 0.3) is 10.9 Å². The van der Waals surface area contributed by atoms with Crippen molar-refractivity contribution in [3.8, 4) is 0 Å². The molecule has 0 radical (unpaired) electrons. The second kappa shape index (κ2) is 15.5. The summed E-state index contributed by atoms with van der Waals surface area (Å²) in [7, 11) is 1.63. The summed E-state index contributed by atoms with van der Waals surface area (Å²) in [6.45, 7) is 1.57. The van der Waals surface area contributed by atoms with E-state index in [9.17, 15) is 29.1 Å². The number of carbonyl (C=O) groups is 5. The highest BCUT2D eigenvalue weighted by Gasteiger charge is 2.32. The average molecular weight is 627 g/mol. The lowest BCUT2D eigenvalue weighted by Gasteiger charge is -2.27. The number of amides is 5. The molecule has 0 spiro atoms. The minimum Gasteiger partial charge on any atom is -0.391 e. The van der Waals surface area contributed by atoms with Crippen LogP contribution in [0.3, 0.4) is 0 Å². The summed E-state index contributed by atoms with van der Waals surface area (Å²) in [5.74, 6) is -3.64. The maximum atomic E-state index is 13.8. The standard InChI is InChI=1S/C34H38N6O6/c1-21(41)30(31(35)43)39-29(42)19-27(37-32(44)26-18-24-15-9-10-16-25(24)36-26)33(45)38-28(17-22-11-5-3-6-12-22)34(46)40(2)20-23-13-7-4-8-14-23/h3-16,18,21,27-28,30,36,41H,17,19-20H2,1-2H3,(H2,35,43)(H,37,44)(H,38,45)(H,39,42)/t21-,27?,28-,30?/m1/s1. The number of nitrogens with one attached hydrogen (secondary N) is 4. The number of carbonyl (C=O) groups excluding carboxylic acids is 5. The van der Waals surface area contributed by atoms with Gasteiger partial charge in [-0.25, -0.2) is 0 Å². The first-order valence-electron chi connectivity index (χ1n) is 14.8. The lowest BCUT2D eigenvalue weighted by atomic mass is 10.0. The number of primary amides is 1. The number of aliphatic hydroxyl groups is 1. The van der Waals surface area contributed by atoms with Crippen LogP contribution in [-0.2, 0) is 32.1 Å². The average Bonchev–Trinajstić information content (AvgIpc) is 3.48. The number of hydrogen-bond acceptors (Lipinski definition) is 6. The highest BCUT2D eigenvalue weighted by atomic mass is 16.3. The van der Waals surface area contributed by atoms with E-state index in [2.05, 4.69) is 20.9 Å². The van der Waals surface area contributed by atoms with Crippen molar-refractivity contribution in [3.05, 3.63) is 108 Å². The third-order valence-electron chi connectivity index (χ3n) is 7.43. The molecule has 4 rings (SSSR count). The van der Waals surface area contributed by atoms with Crippen LogP contribution in [-0.4, -0.2) is 75.8 Å². The fourth-order valence-corrected chi connectivity index (χ4v) is 5.01. The molecule has 0 saturated carbocycles. The normalized spacial score (nSPS) is 13.5. The first-order chi connectivity index (χ1) is 22.0. The minimum atomic E-state index is -1.47. The van der Waals surface area contributed by atoms with E-state index in [1.165, 1.54) is 11.8 Å². The number of likely N-dealkylation sites (N-methyl/N-ethyl adjacent to an activating group) is 1. The molecule has 0 bridgehead atoms. The molecule has 240 valence electrons. The van der Waals surface area contributed by atoms with E-state index in [1.54, 1.807) is 25.2 Å². The van der Waals surface area contributed by atoms with Gasteiger partial charge in [0.1, 0.15) is 23.8 Å². The maximum Gasteiger partial charge on any atom is 0.268 e. The molecule has 0 aliphatic heterocycles. The van der Waals surface area contributed by atoms with Crippen molar-refractivity contribution in [2.45, 2.75) is 50.5 Å². The molecule has 3 aromatic carbocycles. The van der Waals surface area contributed by atoms with Crippen LogP contribution >= 0.6 is 0 Å². The maximum absolute atomic E-state index is 13.8. The molecule has 12 heteroatoms. The Balaban J connectivity index is 1.58. The summed E-state index contributed by atoms with van der Waals surface area (Å²) >= 11 is 0. The van der Waals surface area contributed by atoms with Gasteiger partial charge in [0.25, 0.3) is 5.91 Å². The SMILES string of the molecule is C[C@@H](O)C(NC(=O)CC(NC(=O)c1cc2ccccc2[nH]1)C(=O)N[C@H](Cc1ccccc1)C(=O)N(C)Cc1ccccc1)C(N)=O. The van der Waals surface area contributed by atoms with Crippen molar-refractivity contribution in [1.82, 2.24) is 25.8 Å². The molecule has 1 heterocycles. The molecule has 12 nitrogen and oxygen atoms in total. The molecular formula is C34H38N6O6. The van der Waals surface area contributed by atoms with Crippen LogP contribution in [0.15, 0.2) is 91.0 Å². The van der Waals surface area contributed by atoms with Gasteiger partial charge in [-0.2, -0.15) is 0 Å². The van der Waals surface area contributed by atoms with E-state index in [1.807, 2.05) is 72.8 Å². The molecule has 4 atom stereocenters. The van der Waals surface area contributed by atoms with E-state index < -0.39 is 54.3 Å². The van der Waals surface area contributed by atoms with E-state index in [-0.39, 0.29) is 24.6 Å². The fraction of sp³-hybridized carbons (Fsp3) is 0.265. The van der Waals surface area contributed by atoms with Gasteiger partial charge in [0, 0.05) is 30.9 Å². The highest BCUT2D eigenvalue weighted by Crippen LogP contribution is 2.15. The number of benzene rings is 3. The Hall–Kier alpha value is -5.49. The summed E-state index contributed by atoms with van der Waals surface area (Å²) in [6, 6.07) is 23.4. The predicted molar refractivity (Wildman–Crippen MR) is 172 cm³/mol. The van der Waals surface area contributed by atoms with Crippen LogP contribution in [0.2, 0.25) is 0 Å².